The normalized spacial score (nSPS) is 10.9. The first kappa shape index (κ1) is 14.4. The van der Waals surface area contributed by atoms with Crippen LogP contribution in [-0.2, 0) is 13.0 Å². The smallest absolute Gasteiger partial charge is 0.162 e. The Morgan fingerprint density at radius 2 is 2.00 bits per heavy atom. The summed E-state index contributed by atoms with van der Waals surface area (Å²) >= 11 is 0. The number of ether oxygens (including phenoxy) is 2. The predicted octanol–water partition coefficient (Wildman–Crippen LogP) is 3.68. The predicted molar refractivity (Wildman–Crippen MR) is 83.2 cm³/mol. The van der Waals surface area contributed by atoms with Crippen LogP contribution in [0.2, 0.25) is 0 Å². The Labute approximate surface area is 128 Å². The molecule has 0 N–H and O–H groups in total. The summed E-state index contributed by atoms with van der Waals surface area (Å²) in [5, 5.41) is 6.12. The molecule has 0 aliphatic heterocycles. The van der Waals surface area contributed by atoms with E-state index in [1.807, 2.05) is 38.2 Å². The summed E-state index contributed by atoms with van der Waals surface area (Å²) in [5.74, 6) is 2.18. The molecule has 0 saturated heterocycles. The summed E-state index contributed by atoms with van der Waals surface area (Å²) in [5.41, 5.74) is 1.93. The fourth-order valence-corrected chi connectivity index (χ4v) is 2.42. The lowest BCUT2D eigenvalue weighted by Gasteiger charge is -2.12. The third-order valence-corrected chi connectivity index (χ3v) is 3.70. The van der Waals surface area contributed by atoms with Gasteiger partial charge in [-0.05, 0) is 36.9 Å². The summed E-state index contributed by atoms with van der Waals surface area (Å²) in [6.45, 7) is 4.34. The number of rotatable bonds is 5. The van der Waals surface area contributed by atoms with Crippen molar-refractivity contribution in [2.45, 2.75) is 26.9 Å². The highest BCUT2D eigenvalue weighted by atomic mass is 16.5. The molecule has 0 amide bonds. The second-order valence-electron chi connectivity index (χ2n) is 5.03. The highest BCUT2D eigenvalue weighted by Gasteiger charge is 2.14. The van der Waals surface area contributed by atoms with E-state index in [-0.39, 0.29) is 0 Å². The van der Waals surface area contributed by atoms with E-state index >= 15 is 0 Å². The van der Waals surface area contributed by atoms with Crippen LogP contribution in [0.15, 0.2) is 35.1 Å². The van der Waals surface area contributed by atoms with E-state index in [4.69, 9.17) is 14.0 Å². The second-order valence-corrected chi connectivity index (χ2v) is 5.03. The van der Waals surface area contributed by atoms with Crippen LogP contribution in [0.5, 0.6) is 11.5 Å². The number of aromatic nitrogens is 2. The average molecular weight is 298 g/mol. The maximum Gasteiger partial charge on any atom is 0.162 e. The Bertz CT molecular complexity index is 796. The number of hydrogen-bond acceptors (Lipinski definition) is 5. The fourth-order valence-electron chi connectivity index (χ4n) is 2.42. The molecule has 0 radical (unpaired) electrons. The first-order chi connectivity index (χ1) is 10.7. The third kappa shape index (κ3) is 2.62. The van der Waals surface area contributed by atoms with Crippen LogP contribution in [0.25, 0.3) is 10.8 Å². The van der Waals surface area contributed by atoms with E-state index < -0.39 is 0 Å². The molecule has 0 saturated carbocycles. The molecule has 22 heavy (non-hydrogen) atoms. The van der Waals surface area contributed by atoms with Gasteiger partial charge in [0.05, 0.1) is 18.4 Å². The lowest BCUT2D eigenvalue weighted by molar-refractivity contribution is 0.282. The van der Waals surface area contributed by atoms with Crippen LogP contribution in [0.4, 0.5) is 0 Å². The van der Waals surface area contributed by atoms with Crippen molar-refractivity contribution in [2.75, 3.05) is 7.11 Å². The summed E-state index contributed by atoms with van der Waals surface area (Å²) in [6.07, 6.45) is 4.38. The van der Waals surface area contributed by atoms with Crippen LogP contribution in [0.1, 0.15) is 23.9 Å². The van der Waals surface area contributed by atoms with Gasteiger partial charge in [-0.1, -0.05) is 12.1 Å². The molecule has 2 heterocycles. The molecule has 0 aliphatic carbocycles. The van der Waals surface area contributed by atoms with E-state index in [2.05, 4.69) is 10.1 Å². The zero-order valence-corrected chi connectivity index (χ0v) is 12.9. The number of fused-ring (bicyclic) bond motifs is 1. The van der Waals surface area contributed by atoms with Gasteiger partial charge in [-0.2, -0.15) is 0 Å². The van der Waals surface area contributed by atoms with Gasteiger partial charge in [0.25, 0.3) is 0 Å². The number of nitrogens with zero attached hydrogens (tertiary/aromatic N) is 2. The molecule has 5 heteroatoms. The number of aryl methyl sites for hydroxylation is 2. The van der Waals surface area contributed by atoms with Crippen LogP contribution in [-0.4, -0.2) is 17.3 Å². The van der Waals surface area contributed by atoms with Gasteiger partial charge in [0, 0.05) is 17.8 Å². The van der Waals surface area contributed by atoms with Crippen molar-refractivity contribution in [3.8, 4) is 11.5 Å². The molecule has 0 unspecified atom stereocenters. The minimum absolute atomic E-state index is 0.403. The maximum absolute atomic E-state index is 5.95. The Kier molecular flexibility index (Phi) is 3.96. The summed E-state index contributed by atoms with van der Waals surface area (Å²) in [4.78, 5) is 4.14. The Morgan fingerprint density at radius 3 is 2.77 bits per heavy atom. The van der Waals surface area contributed by atoms with E-state index in [1.54, 1.807) is 13.3 Å². The van der Waals surface area contributed by atoms with Gasteiger partial charge in [0.15, 0.2) is 11.5 Å². The van der Waals surface area contributed by atoms with Crippen molar-refractivity contribution in [1.82, 2.24) is 10.1 Å². The molecule has 0 aliphatic rings. The molecular formula is C17H18N2O3. The number of methoxy groups -OCH3 is 1. The van der Waals surface area contributed by atoms with E-state index in [9.17, 15) is 0 Å². The number of benzene rings is 1. The van der Waals surface area contributed by atoms with Gasteiger partial charge in [0.2, 0.25) is 0 Å². The molecule has 0 spiro atoms. The zero-order chi connectivity index (χ0) is 15.5. The maximum atomic E-state index is 5.95. The van der Waals surface area contributed by atoms with Gasteiger partial charge in [-0.25, -0.2) is 0 Å². The summed E-state index contributed by atoms with van der Waals surface area (Å²) < 4.78 is 16.6. The number of hydrogen-bond donors (Lipinski definition) is 0. The van der Waals surface area contributed by atoms with Gasteiger partial charge in [-0.15, -0.1) is 0 Å². The van der Waals surface area contributed by atoms with E-state index in [0.29, 0.717) is 18.1 Å². The molecule has 1 aromatic carbocycles. The molecule has 5 nitrogen and oxygen atoms in total. The largest absolute Gasteiger partial charge is 0.493 e. The first-order valence-electron chi connectivity index (χ1n) is 7.21. The van der Waals surface area contributed by atoms with Crippen molar-refractivity contribution >= 4 is 10.8 Å². The van der Waals surface area contributed by atoms with Gasteiger partial charge in [0.1, 0.15) is 12.4 Å². The van der Waals surface area contributed by atoms with Crippen LogP contribution in [0, 0.1) is 6.92 Å². The Balaban J connectivity index is 1.91. The Morgan fingerprint density at radius 1 is 1.18 bits per heavy atom. The quantitative estimate of drug-likeness (QED) is 0.719. The molecule has 0 fully saturated rings. The monoisotopic (exact) mass is 298 g/mol. The van der Waals surface area contributed by atoms with Crippen molar-refractivity contribution in [1.29, 1.82) is 0 Å². The zero-order valence-electron chi connectivity index (χ0n) is 12.9. The van der Waals surface area contributed by atoms with E-state index in [1.165, 1.54) is 0 Å². The lowest BCUT2D eigenvalue weighted by atomic mass is 10.1. The van der Waals surface area contributed by atoms with Gasteiger partial charge in [-0.3, -0.25) is 4.98 Å². The molecule has 2 aromatic heterocycles. The highest BCUT2D eigenvalue weighted by molar-refractivity contribution is 5.85. The molecule has 0 bridgehead atoms. The molecule has 3 aromatic rings. The SMILES string of the molecule is CCc1noc(C)c1COc1cc2cnccc2cc1OC. The summed E-state index contributed by atoms with van der Waals surface area (Å²) in [7, 11) is 1.64. The molecule has 0 atom stereocenters. The van der Waals surface area contributed by atoms with E-state index in [0.717, 1.165) is 34.2 Å². The fraction of sp³-hybridized carbons (Fsp3) is 0.294. The van der Waals surface area contributed by atoms with Crippen LogP contribution >= 0.6 is 0 Å². The number of pyridine rings is 1. The highest BCUT2D eigenvalue weighted by Crippen LogP contribution is 2.33. The first-order valence-corrected chi connectivity index (χ1v) is 7.21. The van der Waals surface area contributed by atoms with Crippen molar-refractivity contribution in [2.24, 2.45) is 0 Å². The average Bonchev–Trinajstić information content (AvgIpc) is 2.92. The van der Waals surface area contributed by atoms with Gasteiger partial charge >= 0.3 is 0 Å². The standard InChI is InChI=1S/C17H18N2O3/c1-4-15-14(11(2)22-19-15)10-21-17-8-13-9-18-6-5-12(13)7-16(17)20-3/h5-9H,4,10H2,1-3H3. The third-order valence-electron chi connectivity index (χ3n) is 3.70. The second kappa shape index (κ2) is 6.05. The topological polar surface area (TPSA) is 57.4 Å². The van der Waals surface area contributed by atoms with Gasteiger partial charge < -0.3 is 14.0 Å². The Hall–Kier alpha value is -2.56. The van der Waals surface area contributed by atoms with Crippen LogP contribution in [0.3, 0.4) is 0 Å². The molecule has 3 rings (SSSR count). The van der Waals surface area contributed by atoms with Crippen molar-refractivity contribution < 1.29 is 14.0 Å². The van der Waals surface area contributed by atoms with Crippen LogP contribution < -0.4 is 9.47 Å². The minimum atomic E-state index is 0.403. The summed E-state index contributed by atoms with van der Waals surface area (Å²) in [6, 6.07) is 5.84. The molecule has 114 valence electrons. The lowest BCUT2D eigenvalue weighted by Crippen LogP contribution is -2.01. The van der Waals surface area contributed by atoms with Crippen molar-refractivity contribution in [3.63, 3.8) is 0 Å². The minimum Gasteiger partial charge on any atom is -0.493 e. The van der Waals surface area contributed by atoms with Crippen molar-refractivity contribution in [3.05, 3.63) is 47.6 Å². The molecular weight excluding hydrogens is 280 g/mol.